The van der Waals surface area contributed by atoms with Crippen LogP contribution in [0.2, 0.25) is 0 Å². The minimum atomic E-state index is -0.462. The van der Waals surface area contributed by atoms with Gasteiger partial charge < -0.3 is 29.0 Å². The Morgan fingerprint density at radius 3 is 2.55 bits per heavy atom. The zero-order chi connectivity index (χ0) is 26.9. The molecule has 2 aliphatic rings. The number of rotatable bonds is 5. The Balaban J connectivity index is 1.46. The summed E-state index contributed by atoms with van der Waals surface area (Å²) in [4.78, 5) is 37.8. The Morgan fingerprint density at radius 1 is 0.974 bits per heavy atom. The normalized spacial score (nSPS) is 18.4. The number of cyclic esters (lactones) is 1. The van der Waals surface area contributed by atoms with Gasteiger partial charge in [-0.2, -0.15) is 0 Å². The number of hydrogen-bond acceptors (Lipinski definition) is 8. The Kier molecular flexibility index (Phi) is 9.46. The average molecular weight is 526 g/mol. The fraction of sp³-hybridized carbons (Fsp3) is 0.483. The van der Waals surface area contributed by atoms with Crippen molar-refractivity contribution in [2.75, 3.05) is 32.2 Å². The number of Topliss-reactive ketones (excluding diaryl/α,β-unsaturated/α-hetero) is 1. The molecule has 2 aliphatic heterocycles. The van der Waals surface area contributed by atoms with Gasteiger partial charge in [-0.3, -0.25) is 9.59 Å². The van der Waals surface area contributed by atoms with Crippen LogP contribution in [0.5, 0.6) is 23.0 Å². The molecule has 2 aromatic carbocycles. The zero-order valence-corrected chi connectivity index (χ0v) is 22.0. The van der Waals surface area contributed by atoms with Crippen molar-refractivity contribution < 1.29 is 38.1 Å². The van der Waals surface area contributed by atoms with E-state index in [1.54, 1.807) is 30.3 Å². The predicted molar refractivity (Wildman–Crippen MR) is 140 cm³/mol. The summed E-state index contributed by atoms with van der Waals surface area (Å²) in [6, 6.07) is 8.56. The molecule has 38 heavy (non-hydrogen) atoms. The topological polar surface area (TPSA) is 109 Å². The third-order valence-corrected chi connectivity index (χ3v) is 6.55. The van der Waals surface area contributed by atoms with Crippen LogP contribution in [0.1, 0.15) is 67.8 Å². The van der Waals surface area contributed by atoms with Crippen LogP contribution in [0.4, 0.5) is 5.69 Å². The van der Waals surface area contributed by atoms with Crippen molar-refractivity contribution in [3.8, 4) is 23.0 Å². The molecule has 9 heteroatoms. The molecule has 0 unspecified atom stereocenters. The summed E-state index contributed by atoms with van der Waals surface area (Å²) < 4.78 is 28.1. The third-order valence-electron chi connectivity index (χ3n) is 6.55. The molecule has 2 aromatic rings. The molecule has 9 nitrogen and oxygen atoms in total. The van der Waals surface area contributed by atoms with Crippen molar-refractivity contribution >= 4 is 23.3 Å². The molecule has 0 saturated carbocycles. The SMILES string of the molecule is COc1cc(OCC(=O)Nc2ccc3c(c2)OCCO3)cc2c1C(=O)O[C@@H](C)CCCC(=O)CCCCC2. The molecule has 1 atom stereocenters. The first-order valence-corrected chi connectivity index (χ1v) is 13.2. The van der Waals surface area contributed by atoms with Crippen molar-refractivity contribution in [3.05, 3.63) is 41.5 Å². The second kappa shape index (κ2) is 13.2. The van der Waals surface area contributed by atoms with Crippen LogP contribution >= 0.6 is 0 Å². The van der Waals surface area contributed by atoms with E-state index in [9.17, 15) is 14.4 Å². The Hall–Kier alpha value is -3.75. The van der Waals surface area contributed by atoms with Crippen molar-refractivity contribution in [1.29, 1.82) is 0 Å². The Morgan fingerprint density at radius 2 is 1.74 bits per heavy atom. The van der Waals surface area contributed by atoms with Gasteiger partial charge in [0.25, 0.3) is 5.91 Å². The summed E-state index contributed by atoms with van der Waals surface area (Å²) in [5.41, 5.74) is 1.67. The number of anilines is 1. The van der Waals surface area contributed by atoms with E-state index in [-0.39, 0.29) is 24.4 Å². The van der Waals surface area contributed by atoms with Crippen LogP contribution < -0.4 is 24.3 Å². The molecular weight excluding hydrogens is 490 g/mol. The monoisotopic (exact) mass is 525 g/mol. The van der Waals surface area contributed by atoms with Crippen LogP contribution in [-0.4, -0.2) is 50.7 Å². The summed E-state index contributed by atoms with van der Waals surface area (Å²) in [7, 11) is 1.49. The summed E-state index contributed by atoms with van der Waals surface area (Å²) in [5.74, 6) is 1.42. The number of fused-ring (bicyclic) bond motifs is 2. The molecule has 0 radical (unpaired) electrons. The summed E-state index contributed by atoms with van der Waals surface area (Å²) in [5, 5.41) is 2.79. The first-order chi connectivity index (χ1) is 18.4. The molecule has 0 saturated heterocycles. The molecule has 1 N–H and O–H groups in total. The molecule has 1 amide bonds. The number of aryl methyl sites for hydroxylation is 1. The average Bonchev–Trinajstić information content (AvgIpc) is 2.90. The molecule has 2 heterocycles. The largest absolute Gasteiger partial charge is 0.496 e. The maximum absolute atomic E-state index is 13.1. The van der Waals surface area contributed by atoms with E-state index >= 15 is 0 Å². The number of hydrogen-bond donors (Lipinski definition) is 1. The van der Waals surface area contributed by atoms with E-state index in [1.165, 1.54) is 7.11 Å². The van der Waals surface area contributed by atoms with Gasteiger partial charge >= 0.3 is 5.97 Å². The molecule has 0 spiro atoms. The number of carbonyl (C=O) groups excluding carboxylic acids is 3. The van der Waals surface area contributed by atoms with Crippen LogP contribution in [0.15, 0.2) is 30.3 Å². The van der Waals surface area contributed by atoms with Gasteiger partial charge in [-0.15, -0.1) is 0 Å². The van der Waals surface area contributed by atoms with E-state index in [0.717, 1.165) is 24.8 Å². The highest BCUT2D eigenvalue weighted by Gasteiger charge is 2.23. The number of carbonyl (C=O) groups is 3. The number of esters is 1. The number of methoxy groups -OCH3 is 1. The smallest absolute Gasteiger partial charge is 0.342 e. The van der Waals surface area contributed by atoms with E-state index in [4.69, 9.17) is 23.7 Å². The maximum atomic E-state index is 13.1. The molecule has 0 bridgehead atoms. The Labute approximate surface area is 222 Å². The lowest BCUT2D eigenvalue weighted by Gasteiger charge is -2.19. The van der Waals surface area contributed by atoms with Crippen molar-refractivity contribution in [2.24, 2.45) is 0 Å². The third kappa shape index (κ3) is 7.40. The molecular formula is C29H35NO8. The van der Waals surface area contributed by atoms with Crippen molar-refractivity contribution in [1.82, 2.24) is 0 Å². The van der Waals surface area contributed by atoms with Gasteiger partial charge in [-0.25, -0.2) is 4.79 Å². The van der Waals surface area contributed by atoms with Crippen molar-refractivity contribution in [2.45, 2.75) is 64.4 Å². The Bertz CT molecular complexity index is 1160. The van der Waals surface area contributed by atoms with Gasteiger partial charge in [0.1, 0.15) is 36.1 Å². The van der Waals surface area contributed by atoms with Crippen molar-refractivity contribution in [3.63, 3.8) is 0 Å². The van der Waals surface area contributed by atoms with Crippen LogP contribution in [0.3, 0.4) is 0 Å². The predicted octanol–water partition coefficient (Wildman–Crippen LogP) is 4.89. The van der Waals surface area contributed by atoms with Crippen LogP contribution in [0, 0.1) is 0 Å². The molecule has 204 valence electrons. The lowest BCUT2D eigenvalue weighted by atomic mass is 9.98. The quantitative estimate of drug-likeness (QED) is 0.550. The molecule has 4 rings (SSSR count). The second-order valence-electron chi connectivity index (χ2n) is 9.56. The number of nitrogens with one attached hydrogen (secondary N) is 1. The van der Waals surface area contributed by atoms with E-state index in [0.29, 0.717) is 79.6 Å². The lowest BCUT2D eigenvalue weighted by Crippen LogP contribution is -2.21. The minimum absolute atomic E-state index is 0.236. The molecule has 0 fully saturated rings. The van der Waals surface area contributed by atoms with E-state index in [2.05, 4.69) is 5.32 Å². The van der Waals surface area contributed by atoms with E-state index in [1.807, 2.05) is 6.92 Å². The van der Waals surface area contributed by atoms with Gasteiger partial charge in [0.05, 0.1) is 13.2 Å². The van der Waals surface area contributed by atoms with Gasteiger partial charge in [0, 0.05) is 30.7 Å². The fourth-order valence-corrected chi connectivity index (χ4v) is 4.61. The highest BCUT2D eigenvalue weighted by atomic mass is 16.6. The van der Waals surface area contributed by atoms with Gasteiger partial charge in [0.15, 0.2) is 18.1 Å². The number of amides is 1. The van der Waals surface area contributed by atoms with Gasteiger partial charge in [0.2, 0.25) is 0 Å². The summed E-state index contributed by atoms with van der Waals surface area (Å²) in [6.07, 6.45) is 5.15. The second-order valence-corrected chi connectivity index (χ2v) is 9.56. The number of benzene rings is 2. The lowest BCUT2D eigenvalue weighted by molar-refractivity contribution is -0.119. The first kappa shape index (κ1) is 27.3. The molecule has 0 aromatic heterocycles. The summed E-state index contributed by atoms with van der Waals surface area (Å²) in [6.45, 7) is 2.55. The highest BCUT2D eigenvalue weighted by Crippen LogP contribution is 2.33. The minimum Gasteiger partial charge on any atom is -0.496 e. The maximum Gasteiger partial charge on any atom is 0.342 e. The van der Waals surface area contributed by atoms with Gasteiger partial charge in [-0.05, 0) is 62.8 Å². The van der Waals surface area contributed by atoms with E-state index < -0.39 is 5.97 Å². The number of ketones is 1. The van der Waals surface area contributed by atoms with Crippen LogP contribution in [0.25, 0.3) is 0 Å². The fourth-order valence-electron chi connectivity index (χ4n) is 4.61. The highest BCUT2D eigenvalue weighted by molar-refractivity contribution is 5.95. The summed E-state index contributed by atoms with van der Waals surface area (Å²) >= 11 is 0. The standard InChI is InChI=1S/C29H35NO8/c1-19-7-6-10-22(31)9-5-3-4-8-20-15-23(17-26(34-2)28(20)29(33)38-19)37-18-27(32)30-21-11-12-24-25(16-21)36-14-13-35-24/h11-12,15-17,19H,3-10,13-14,18H2,1-2H3,(H,30,32)/t19-/m0/s1. The first-order valence-electron chi connectivity index (χ1n) is 13.2. The van der Waals surface area contributed by atoms with Gasteiger partial charge in [-0.1, -0.05) is 6.42 Å². The number of ether oxygens (including phenoxy) is 5. The molecule has 0 aliphatic carbocycles. The van der Waals surface area contributed by atoms with Crippen LogP contribution in [-0.2, 0) is 20.7 Å². The zero-order valence-electron chi connectivity index (χ0n) is 22.0.